The molecule has 1 atom stereocenters. The number of ether oxygens (including phenoxy) is 3. The number of hydrogen-bond donors (Lipinski definition) is 1. The molecule has 10 heteroatoms. The molecule has 0 unspecified atom stereocenters. The van der Waals surface area contributed by atoms with Crippen LogP contribution in [-0.4, -0.2) is 63.2 Å². The quantitative estimate of drug-likeness (QED) is 0.252. The van der Waals surface area contributed by atoms with Crippen molar-refractivity contribution in [2.75, 3.05) is 31.2 Å². The highest BCUT2D eigenvalue weighted by molar-refractivity contribution is 5.80. The summed E-state index contributed by atoms with van der Waals surface area (Å²) >= 11 is 0. The molecule has 3 aliphatic heterocycles. The Labute approximate surface area is 262 Å². The van der Waals surface area contributed by atoms with Crippen LogP contribution in [0.2, 0.25) is 0 Å². The molecule has 0 saturated carbocycles. The SMILES string of the molecule is Cc1nc2cc3nn2c(c1[C@H](OC(C)(C)C)C(=O)O)N1CCC(C)(CC1)OCC=CCOc1ccc(F)cc1-c1cccc-3c1. The van der Waals surface area contributed by atoms with Gasteiger partial charge < -0.3 is 24.2 Å². The van der Waals surface area contributed by atoms with E-state index in [0.717, 1.165) is 24.0 Å². The number of hydrogen-bond acceptors (Lipinski definition) is 7. The number of nitrogens with zero attached hydrogens (tertiary/aromatic N) is 4. The van der Waals surface area contributed by atoms with Gasteiger partial charge >= 0.3 is 5.97 Å². The van der Waals surface area contributed by atoms with Gasteiger partial charge in [0.2, 0.25) is 0 Å². The lowest BCUT2D eigenvalue weighted by atomic mass is 9.92. The number of rotatable bonds is 3. The maximum absolute atomic E-state index is 14.5. The number of aliphatic carboxylic acids is 1. The molecular formula is C35H39FN4O5. The Morgan fingerprint density at radius 1 is 1.07 bits per heavy atom. The third-order valence-electron chi connectivity index (χ3n) is 8.32. The van der Waals surface area contributed by atoms with E-state index in [1.54, 1.807) is 10.6 Å². The third kappa shape index (κ3) is 6.43. The van der Waals surface area contributed by atoms with Crippen molar-refractivity contribution in [1.29, 1.82) is 0 Å². The molecule has 0 spiro atoms. The first-order chi connectivity index (χ1) is 21.4. The summed E-state index contributed by atoms with van der Waals surface area (Å²) in [7, 11) is 0. The number of benzene rings is 2. The predicted octanol–water partition coefficient (Wildman–Crippen LogP) is 6.78. The molecular weight excluding hydrogens is 575 g/mol. The zero-order valence-corrected chi connectivity index (χ0v) is 26.3. The topological polar surface area (TPSA) is 98.4 Å². The Morgan fingerprint density at radius 3 is 2.53 bits per heavy atom. The lowest BCUT2D eigenvalue weighted by Gasteiger charge is -2.41. The van der Waals surface area contributed by atoms with Crippen molar-refractivity contribution in [2.24, 2.45) is 0 Å². The molecule has 2 aromatic heterocycles. The largest absolute Gasteiger partial charge is 0.489 e. The first kappa shape index (κ1) is 30.7. The molecule has 1 saturated heterocycles. The molecule has 7 rings (SSSR count). The van der Waals surface area contributed by atoms with Gasteiger partial charge in [-0.05, 0) is 83.4 Å². The number of carbonyl (C=O) groups is 1. The molecule has 9 nitrogen and oxygen atoms in total. The molecule has 0 radical (unpaired) electrons. The number of carboxylic acid groups (broad SMARTS) is 1. The van der Waals surface area contributed by atoms with Gasteiger partial charge in [0.15, 0.2) is 11.8 Å². The van der Waals surface area contributed by atoms with E-state index in [4.69, 9.17) is 24.3 Å². The van der Waals surface area contributed by atoms with Crippen LogP contribution in [0.5, 0.6) is 5.75 Å². The summed E-state index contributed by atoms with van der Waals surface area (Å²) in [4.78, 5) is 19.8. The molecule has 0 amide bonds. The minimum atomic E-state index is -1.25. The zero-order chi connectivity index (χ0) is 31.9. The molecule has 0 aliphatic carbocycles. The second-order valence-electron chi connectivity index (χ2n) is 12.9. The molecule has 45 heavy (non-hydrogen) atoms. The van der Waals surface area contributed by atoms with Gasteiger partial charge in [-0.25, -0.2) is 14.2 Å². The fourth-order valence-electron chi connectivity index (χ4n) is 6.01. The van der Waals surface area contributed by atoms with E-state index in [0.29, 0.717) is 66.0 Å². The average Bonchev–Trinajstić information content (AvgIpc) is 3.41. The van der Waals surface area contributed by atoms with Crippen LogP contribution in [0.15, 0.2) is 60.7 Å². The lowest BCUT2D eigenvalue weighted by Crippen LogP contribution is -2.45. The van der Waals surface area contributed by atoms with E-state index in [2.05, 4.69) is 11.8 Å². The van der Waals surface area contributed by atoms with Crippen molar-refractivity contribution in [3.8, 4) is 28.1 Å². The Morgan fingerprint density at radius 2 is 1.80 bits per heavy atom. The fraction of sp³-hybridized carbons (Fsp3) is 0.400. The molecule has 3 aliphatic rings. The van der Waals surface area contributed by atoms with E-state index in [9.17, 15) is 14.3 Å². The molecule has 5 heterocycles. The van der Waals surface area contributed by atoms with Crippen molar-refractivity contribution in [2.45, 2.75) is 64.8 Å². The van der Waals surface area contributed by atoms with Gasteiger partial charge in [0.05, 0.1) is 29.1 Å². The first-order valence-electron chi connectivity index (χ1n) is 15.3. The molecule has 236 valence electrons. The average molecular weight is 615 g/mol. The van der Waals surface area contributed by atoms with Gasteiger partial charge in [0.1, 0.15) is 24.0 Å². The van der Waals surface area contributed by atoms with Crippen LogP contribution in [0.1, 0.15) is 57.9 Å². The second-order valence-corrected chi connectivity index (χ2v) is 12.9. The van der Waals surface area contributed by atoms with Crippen molar-refractivity contribution >= 4 is 17.4 Å². The van der Waals surface area contributed by atoms with E-state index in [1.807, 2.05) is 70.2 Å². The second kappa shape index (κ2) is 11.9. The van der Waals surface area contributed by atoms with Crippen molar-refractivity contribution in [3.63, 3.8) is 0 Å². The summed E-state index contributed by atoms with van der Waals surface area (Å²) < 4.78 is 34.7. The minimum absolute atomic E-state index is 0.315. The molecule has 2 aromatic carbocycles. The first-order valence-corrected chi connectivity index (χ1v) is 15.3. The summed E-state index contributed by atoms with van der Waals surface area (Å²) in [5, 5.41) is 15.4. The van der Waals surface area contributed by atoms with Crippen LogP contribution in [0.25, 0.3) is 28.0 Å². The predicted molar refractivity (Wildman–Crippen MR) is 170 cm³/mol. The normalized spacial score (nSPS) is 17.3. The smallest absolute Gasteiger partial charge is 0.337 e. The van der Waals surface area contributed by atoms with Gasteiger partial charge in [-0.2, -0.15) is 9.61 Å². The molecule has 4 aromatic rings. The number of aryl methyl sites for hydroxylation is 1. The lowest BCUT2D eigenvalue weighted by molar-refractivity contribution is -0.160. The summed E-state index contributed by atoms with van der Waals surface area (Å²) in [6.45, 7) is 11.4. The van der Waals surface area contributed by atoms with Crippen molar-refractivity contribution in [1.82, 2.24) is 14.6 Å². The monoisotopic (exact) mass is 614 g/mol. The van der Waals surface area contributed by atoms with Gasteiger partial charge in [0, 0.05) is 36.0 Å². The van der Waals surface area contributed by atoms with Crippen LogP contribution in [0.4, 0.5) is 10.2 Å². The molecule has 6 bridgehead atoms. The van der Waals surface area contributed by atoms with Gasteiger partial charge in [-0.1, -0.05) is 24.3 Å². The maximum Gasteiger partial charge on any atom is 0.337 e. The van der Waals surface area contributed by atoms with E-state index in [-0.39, 0.29) is 11.4 Å². The Balaban J connectivity index is 1.56. The summed E-state index contributed by atoms with van der Waals surface area (Å²) in [5.41, 5.74) is 3.40. The van der Waals surface area contributed by atoms with Crippen LogP contribution in [0.3, 0.4) is 0 Å². The van der Waals surface area contributed by atoms with E-state index in [1.165, 1.54) is 12.1 Å². The van der Waals surface area contributed by atoms with Crippen molar-refractivity contribution in [3.05, 3.63) is 77.8 Å². The number of piperidine rings is 1. The van der Waals surface area contributed by atoms with Crippen LogP contribution < -0.4 is 9.64 Å². The highest BCUT2D eigenvalue weighted by Gasteiger charge is 2.37. The Kier molecular flexibility index (Phi) is 8.13. The Hall–Kier alpha value is -4.28. The van der Waals surface area contributed by atoms with E-state index >= 15 is 0 Å². The minimum Gasteiger partial charge on any atom is -0.489 e. The van der Waals surface area contributed by atoms with Gasteiger partial charge in [-0.15, -0.1) is 0 Å². The number of fused-ring (bicyclic) bond motifs is 6. The van der Waals surface area contributed by atoms with Crippen LogP contribution >= 0.6 is 0 Å². The van der Waals surface area contributed by atoms with Crippen molar-refractivity contribution < 1.29 is 28.5 Å². The third-order valence-corrected chi connectivity index (χ3v) is 8.32. The number of anilines is 1. The summed E-state index contributed by atoms with van der Waals surface area (Å²) in [6, 6.07) is 14.1. The zero-order valence-electron chi connectivity index (χ0n) is 26.3. The van der Waals surface area contributed by atoms with E-state index < -0.39 is 17.7 Å². The number of halogens is 1. The standard InChI is InChI=1S/C35H39FN4O5/c1-22-30(31(33(41)42)45-34(2,3)4)32-39-15-13-35(5,14-16-39)44-18-7-6-17-43-28-12-11-25(36)20-26(28)23-9-8-10-24(19-23)27-21-29(37-22)40(32)38-27/h6-12,19-21,31H,13-18H2,1-5H3,(H,41,42)/t31-/m0/s1. The van der Waals surface area contributed by atoms with Gasteiger partial charge in [-0.3, -0.25) is 0 Å². The van der Waals surface area contributed by atoms with Gasteiger partial charge in [0.25, 0.3) is 0 Å². The van der Waals surface area contributed by atoms with Crippen LogP contribution in [-0.2, 0) is 14.3 Å². The maximum atomic E-state index is 14.5. The summed E-state index contributed by atoms with van der Waals surface area (Å²) in [6.07, 6.45) is 4.05. The fourth-order valence-corrected chi connectivity index (χ4v) is 6.01. The summed E-state index contributed by atoms with van der Waals surface area (Å²) in [5.74, 6) is -0.241. The Bertz CT molecular complexity index is 1770. The van der Waals surface area contributed by atoms with Crippen LogP contribution in [0, 0.1) is 12.7 Å². The number of carboxylic acids is 1. The number of aromatic nitrogens is 3. The molecule has 1 N–H and O–H groups in total. The molecule has 1 fully saturated rings. The highest BCUT2D eigenvalue weighted by Crippen LogP contribution is 2.39. The highest BCUT2D eigenvalue weighted by atomic mass is 19.1.